The lowest BCUT2D eigenvalue weighted by Gasteiger charge is -2.23. The third-order valence-electron chi connectivity index (χ3n) is 4.88. The van der Waals surface area contributed by atoms with E-state index in [1.165, 1.54) is 23.4 Å². The molecule has 138 valence electrons. The number of allylic oxidation sites excluding steroid dienone is 2. The molecule has 26 heavy (non-hydrogen) atoms. The third kappa shape index (κ3) is 4.03. The summed E-state index contributed by atoms with van der Waals surface area (Å²) < 4.78 is 28.9. The topological polar surface area (TPSA) is 34.0 Å². The molecule has 1 aliphatic rings. The fourth-order valence-electron chi connectivity index (χ4n) is 3.45. The molecule has 0 saturated heterocycles. The third-order valence-corrected chi connectivity index (χ3v) is 4.88. The first-order valence-corrected chi connectivity index (χ1v) is 8.98. The predicted molar refractivity (Wildman–Crippen MR) is 97.7 cm³/mol. The van der Waals surface area contributed by atoms with Crippen LogP contribution in [-0.2, 0) is 24.3 Å². The molecule has 1 heterocycles. The Bertz CT molecular complexity index is 835. The van der Waals surface area contributed by atoms with Crippen LogP contribution in [0.2, 0.25) is 0 Å². The molecule has 5 heteroatoms. The molecule has 3 rings (SSSR count). The van der Waals surface area contributed by atoms with E-state index in [0.717, 1.165) is 37.4 Å². The molecule has 1 aromatic heterocycles. The van der Waals surface area contributed by atoms with Gasteiger partial charge in [0.15, 0.2) is 0 Å². The molecule has 1 unspecified atom stereocenters. The number of nitrogens with one attached hydrogen (secondary N) is 1. The van der Waals surface area contributed by atoms with E-state index < -0.39 is 11.6 Å². The molecule has 0 bridgehead atoms. The van der Waals surface area contributed by atoms with Crippen molar-refractivity contribution in [1.29, 1.82) is 0 Å². The summed E-state index contributed by atoms with van der Waals surface area (Å²) in [6.07, 6.45) is 6.91. The number of rotatable bonds is 5. The Morgan fingerprint density at radius 1 is 1.31 bits per heavy atom. The summed E-state index contributed by atoms with van der Waals surface area (Å²) in [6, 6.07) is 5.43. The van der Waals surface area contributed by atoms with E-state index in [-0.39, 0.29) is 23.9 Å². The smallest absolute Gasteiger partial charge is 0.227 e. The second-order valence-electron chi connectivity index (χ2n) is 7.05. The number of hydrogen-bond acceptors (Lipinski definition) is 1. The number of aromatic nitrogens is 1. The van der Waals surface area contributed by atoms with Crippen LogP contribution in [0.4, 0.5) is 8.78 Å². The van der Waals surface area contributed by atoms with E-state index in [4.69, 9.17) is 0 Å². The molecule has 0 aliphatic heterocycles. The lowest BCUT2D eigenvalue weighted by atomic mass is 9.86. The Kier molecular flexibility index (Phi) is 5.55. The van der Waals surface area contributed by atoms with Crippen molar-refractivity contribution in [1.82, 2.24) is 9.88 Å². The maximum atomic E-state index is 13.7. The van der Waals surface area contributed by atoms with E-state index in [1.807, 2.05) is 12.3 Å². The van der Waals surface area contributed by atoms with Gasteiger partial charge in [-0.05, 0) is 50.8 Å². The van der Waals surface area contributed by atoms with E-state index in [0.29, 0.717) is 0 Å². The highest BCUT2D eigenvalue weighted by Crippen LogP contribution is 2.32. The zero-order chi connectivity index (χ0) is 18.7. The lowest BCUT2D eigenvalue weighted by Crippen LogP contribution is -2.31. The van der Waals surface area contributed by atoms with Crippen molar-refractivity contribution in [2.24, 2.45) is 0 Å². The van der Waals surface area contributed by atoms with Crippen LogP contribution in [0.3, 0.4) is 0 Å². The number of carbonyl (C=O) groups is 1. The van der Waals surface area contributed by atoms with Gasteiger partial charge in [0.2, 0.25) is 5.91 Å². The Morgan fingerprint density at radius 2 is 2.12 bits per heavy atom. The van der Waals surface area contributed by atoms with Crippen LogP contribution in [0.15, 0.2) is 42.1 Å². The molecule has 1 N–H and O–H groups in total. The fourth-order valence-corrected chi connectivity index (χ4v) is 3.45. The van der Waals surface area contributed by atoms with Crippen molar-refractivity contribution in [2.75, 3.05) is 0 Å². The van der Waals surface area contributed by atoms with Crippen molar-refractivity contribution in [3.63, 3.8) is 0 Å². The number of amides is 1. The second-order valence-corrected chi connectivity index (χ2v) is 7.05. The number of fused-ring (bicyclic) bond motifs is 1. The van der Waals surface area contributed by atoms with Crippen molar-refractivity contribution in [3.8, 4) is 0 Å². The first-order chi connectivity index (χ1) is 12.5. The molecule has 3 nitrogen and oxygen atoms in total. The van der Waals surface area contributed by atoms with Crippen LogP contribution >= 0.6 is 0 Å². The molecule has 0 spiro atoms. The minimum atomic E-state index is -0.637. The molecular formula is C21H24F2N2O. The highest BCUT2D eigenvalue weighted by molar-refractivity contribution is 5.84. The summed E-state index contributed by atoms with van der Waals surface area (Å²) in [6.45, 7) is 5.02. The fraction of sp³-hybridized carbons (Fsp3) is 0.381. The number of carbonyl (C=O) groups excluding carboxylic acids is 1. The largest absolute Gasteiger partial charge is 0.351 e. The molecule has 1 aliphatic carbocycles. The van der Waals surface area contributed by atoms with Crippen LogP contribution < -0.4 is 5.32 Å². The monoisotopic (exact) mass is 358 g/mol. The van der Waals surface area contributed by atoms with Crippen molar-refractivity contribution >= 4 is 5.91 Å². The highest BCUT2D eigenvalue weighted by atomic mass is 19.1. The van der Waals surface area contributed by atoms with Crippen LogP contribution in [0.1, 0.15) is 49.4 Å². The first-order valence-electron chi connectivity index (χ1n) is 8.98. The maximum absolute atomic E-state index is 13.7. The average molecular weight is 358 g/mol. The zero-order valence-electron chi connectivity index (χ0n) is 15.2. The Morgan fingerprint density at radius 3 is 2.85 bits per heavy atom. The zero-order valence-corrected chi connectivity index (χ0v) is 15.2. The number of nitrogens with zero attached hydrogens (tertiary/aromatic N) is 1. The van der Waals surface area contributed by atoms with E-state index in [9.17, 15) is 13.6 Å². The summed E-state index contributed by atoms with van der Waals surface area (Å²) in [5.74, 6) is -1.57. The van der Waals surface area contributed by atoms with Gasteiger partial charge >= 0.3 is 0 Å². The Labute approximate surface area is 152 Å². The minimum absolute atomic E-state index is 0.0647. The quantitative estimate of drug-likeness (QED) is 0.786. The summed E-state index contributed by atoms with van der Waals surface area (Å²) in [5, 5.41) is 2.81. The van der Waals surface area contributed by atoms with Gasteiger partial charge in [-0.25, -0.2) is 8.78 Å². The van der Waals surface area contributed by atoms with Crippen molar-refractivity contribution < 1.29 is 13.6 Å². The molecule has 0 radical (unpaired) electrons. The van der Waals surface area contributed by atoms with Crippen LogP contribution in [-0.4, -0.2) is 10.5 Å². The normalized spacial score (nSPS) is 16.1. The van der Waals surface area contributed by atoms with Gasteiger partial charge in [0.1, 0.15) is 11.6 Å². The summed E-state index contributed by atoms with van der Waals surface area (Å²) in [5.41, 5.74) is 3.83. The predicted octanol–water partition coefficient (Wildman–Crippen LogP) is 4.47. The van der Waals surface area contributed by atoms with Gasteiger partial charge in [-0.2, -0.15) is 0 Å². The number of hydrogen-bond donors (Lipinski definition) is 1. The molecule has 1 amide bonds. The van der Waals surface area contributed by atoms with Gasteiger partial charge in [0.25, 0.3) is 0 Å². The Balaban J connectivity index is 1.70. The second kappa shape index (κ2) is 7.85. The highest BCUT2D eigenvalue weighted by Gasteiger charge is 2.28. The molecular weight excluding hydrogens is 334 g/mol. The molecule has 2 aromatic rings. The van der Waals surface area contributed by atoms with E-state index in [2.05, 4.69) is 29.8 Å². The number of halogens is 2. The standard InChI is InChI=1S/C21H24F2N2O/c1-14(2)8-10-25-11-9-17-18(4-3-5-20(17)25)21(26)24-13-15-6-7-16(22)12-19(15)23/h6-9,11-12,18H,3-5,10,13H2,1-2H3,(H,24,26). The SMILES string of the molecule is CC(C)=CCn1ccc2c1CCCC2C(=O)NCc1ccc(F)cc1F. The maximum Gasteiger partial charge on any atom is 0.227 e. The number of benzene rings is 1. The summed E-state index contributed by atoms with van der Waals surface area (Å²) in [4.78, 5) is 12.7. The average Bonchev–Trinajstić information content (AvgIpc) is 3.02. The minimum Gasteiger partial charge on any atom is -0.351 e. The van der Waals surface area contributed by atoms with Gasteiger partial charge in [-0.3, -0.25) is 4.79 Å². The van der Waals surface area contributed by atoms with Crippen LogP contribution in [0, 0.1) is 11.6 Å². The van der Waals surface area contributed by atoms with Crippen molar-refractivity contribution in [3.05, 3.63) is 70.6 Å². The molecule has 1 aromatic carbocycles. The van der Waals surface area contributed by atoms with E-state index in [1.54, 1.807) is 0 Å². The van der Waals surface area contributed by atoms with Crippen molar-refractivity contribution in [2.45, 2.75) is 52.1 Å². The first kappa shape index (κ1) is 18.4. The van der Waals surface area contributed by atoms with Gasteiger partial charge in [0.05, 0.1) is 5.92 Å². The summed E-state index contributed by atoms with van der Waals surface area (Å²) >= 11 is 0. The van der Waals surface area contributed by atoms with Crippen LogP contribution in [0.5, 0.6) is 0 Å². The van der Waals surface area contributed by atoms with E-state index >= 15 is 0 Å². The Hall–Kier alpha value is -2.43. The molecule has 1 atom stereocenters. The lowest BCUT2D eigenvalue weighted by molar-refractivity contribution is -0.123. The van der Waals surface area contributed by atoms with Gasteiger partial charge < -0.3 is 9.88 Å². The summed E-state index contributed by atoms with van der Waals surface area (Å²) in [7, 11) is 0. The van der Waals surface area contributed by atoms with Crippen LogP contribution in [0.25, 0.3) is 0 Å². The molecule has 0 fully saturated rings. The van der Waals surface area contributed by atoms with Gasteiger partial charge in [-0.15, -0.1) is 0 Å². The van der Waals surface area contributed by atoms with Gasteiger partial charge in [0, 0.05) is 36.6 Å². The van der Waals surface area contributed by atoms with Gasteiger partial charge in [-0.1, -0.05) is 17.7 Å². The molecule has 0 saturated carbocycles.